The van der Waals surface area contributed by atoms with E-state index < -0.39 is 5.41 Å². The van der Waals surface area contributed by atoms with Crippen molar-refractivity contribution in [2.75, 3.05) is 26.8 Å². The van der Waals surface area contributed by atoms with E-state index in [0.29, 0.717) is 50.4 Å². The third-order valence-electron chi connectivity index (χ3n) is 5.65. The van der Waals surface area contributed by atoms with E-state index in [-0.39, 0.29) is 23.7 Å². The molecule has 1 aliphatic heterocycles. The summed E-state index contributed by atoms with van der Waals surface area (Å²) in [6.07, 6.45) is 1.44. The van der Waals surface area contributed by atoms with Crippen molar-refractivity contribution in [2.45, 2.75) is 39.2 Å². The summed E-state index contributed by atoms with van der Waals surface area (Å²) in [7, 11) is 1.59. The second-order valence-corrected chi connectivity index (χ2v) is 7.98. The fourth-order valence-corrected chi connectivity index (χ4v) is 3.89. The first-order valence-electron chi connectivity index (χ1n) is 10.1. The molecule has 1 fully saturated rings. The average Bonchev–Trinajstić information content (AvgIpc) is 3.17. The molecule has 2 aromatic rings. The first kappa shape index (κ1) is 22.0. The SMILES string of the molecule is COCC(C)NC(=O)C1(Cc2cc(-c3ccc(F)cc3)no2)CCN(C(C)=O)CC1. The standard InChI is InChI=1S/C22H28FN3O4/c1-15(14-29-3)24-21(28)22(8-10-26(11-9-22)16(2)27)13-19-12-20(25-30-19)17-4-6-18(23)7-5-17/h4-7,12,15H,8-11,13-14H2,1-3H3,(H,24,28). The predicted molar refractivity (Wildman–Crippen MR) is 109 cm³/mol. The first-order chi connectivity index (χ1) is 14.3. The molecule has 8 heteroatoms. The fourth-order valence-electron chi connectivity index (χ4n) is 3.89. The van der Waals surface area contributed by atoms with Crippen molar-refractivity contribution in [3.8, 4) is 11.3 Å². The van der Waals surface area contributed by atoms with Crippen LogP contribution in [0.3, 0.4) is 0 Å². The van der Waals surface area contributed by atoms with Crippen LogP contribution in [0.1, 0.15) is 32.4 Å². The van der Waals surface area contributed by atoms with E-state index in [2.05, 4.69) is 10.5 Å². The summed E-state index contributed by atoms with van der Waals surface area (Å²) in [6.45, 7) is 4.87. The lowest BCUT2D eigenvalue weighted by atomic mass is 9.74. The lowest BCUT2D eigenvalue weighted by Gasteiger charge is -2.40. The van der Waals surface area contributed by atoms with Crippen LogP contribution in [0.15, 0.2) is 34.9 Å². The van der Waals surface area contributed by atoms with Crippen LogP contribution < -0.4 is 5.32 Å². The molecule has 1 saturated heterocycles. The number of nitrogens with zero attached hydrogens (tertiary/aromatic N) is 2. The highest BCUT2D eigenvalue weighted by molar-refractivity contribution is 5.84. The van der Waals surface area contributed by atoms with Crippen molar-refractivity contribution in [3.05, 3.63) is 41.9 Å². The number of hydrogen-bond acceptors (Lipinski definition) is 5. The maximum absolute atomic E-state index is 13.2. The number of methoxy groups -OCH3 is 1. The minimum absolute atomic E-state index is 0.00928. The van der Waals surface area contributed by atoms with Gasteiger partial charge in [-0.1, -0.05) is 5.16 Å². The summed E-state index contributed by atoms with van der Waals surface area (Å²) >= 11 is 0. The maximum Gasteiger partial charge on any atom is 0.227 e. The fraction of sp³-hybridized carbons (Fsp3) is 0.500. The summed E-state index contributed by atoms with van der Waals surface area (Å²) in [6, 6.07) is 7.67. The molecule has 2 heterocycles. The third-order valence-corrected chi connectivity index (χ3v) is 5.65. The van der Waals surface area contributed by atoms with Crippen LogP contribution >= 0.6 is 0 Å². The number of hydrogen-bond donors (Lipinski definition) is 1. The molecule has 1 aromatic heterocycles. The zero-order valence-corrected chi connectivity index (χ0v) is 17.6. The molecule has 30 heavy (non-hydrogen) atoms. The zero-order chi connectivity index (χ0) is 21.7. The van der Waals surface area contributed by atoms with Crippen molar-refractivity contribution in [1.82, 2.24) is 15.4 Å². The second-order valence-electron chi connectivity index (χ2n) is 7.98. The van der Waals surface area contributed by atoms with E-state index in [4.69, 9.17) is 9.26 Å². The van der Waals surface area contributed by atoms with Gasteiger partial charge in [-0.05, 0) is 44.0 Å². The van der Waals surface area contributed by atoms with Crippen LogP contribution in [0.5, 0.6) is 0 Å². The van der Waals surface area contributed by atoms with Gasteiger partial charge in [0.15, 0.2) is 0 Å². The van der Waals surface area contributed by atoms with Crippen molar-refractivity contribution in [3.63, 3.8) is 0 Å². The molecule has 1 N–H and O–H groups in total. The van der Waals surface area contributed by atoms with Gasteiger partial charge in [0.2, 0.25) is 11.8 Å². The molecule has 7 nitrogen and oxygen atoms in total. The van der Waals surface area contributed by atoms with Crippen LogP contribution in [0.4, 0.5) is 4.39 Å². The number of rotatable bonds is 7. The van der Waals surface area contributed by atoms with Gasteiger partial charge >= 0.3 is 0 Å². The number of likely N-dealkylation sites (tertiary alicyclic amines) is 1. The van der Waals surface area contributed by atoms with E-state index in [1.54, 1.807) is 37.1 Å². The third kappa shape index (κ3) is 5.05. The van der Waals surface area contributed by atoms with E-state index in [1.807, 2.05) is 6.92 Å². The topological polar surface area (TPSA) is 84.7 Å². The minimum Gasteiger partial charge on any atom is -0.383 e. The summed E-state index contributed by atoms with van der Waals surface area (Å²) in [5.41, 5.74) is 0.632. The highest BCUT2D eigenvalue weighted by Gasteiger charge is 2.43. The summed E-state index contributed by atoms with van der Waals surface area (Å²) in [5, 5.41) is 7.12. The van der Waals surface area contributed by atoms with Gasteiger partial charge in [-0.3, -0.25) is 9.59 Å². The Morgan fingerprint density at radius 1 is 1.30 bits per heavy atom. The van der Waals surface area contributed by atoms with Gasteiger partial charge in [-0.15, -0.1) is 0 Å². The summed E-state index contributed by atoms with van der Waals surface area (Å²) in [4.78, 5) is 26.7. The Balaban J connectivity index is 1.80. The van der Waals surface area contributed by atoms with Gasteiger partial charge < -0.3 is 19.5 Å². The lowest BCUT2D eigenvalue weighted by molar-refractivity contribution is -0.140. The van der Waals surface area contributed by atoms with Gasteiger partial charge in [-0.2, -0.15) is 0 Å². The lowest BCUT2D eigenvalue weighted by Crippen LogP contribution is -2.53. The number of halogens is 1. The minimum atomic E-state index is -0.701. The molecule has 2 amide bonds. The molecular weight excluding hydrogens is 389 g/mol. The molecule has 1 aliphatic rings. The average molecular weight is 417 g/mol. The first-order valence-corrected chi connectivity index (χ1v) is 10.1. The second kappa shape index (κ2) is 9.38. The van der Waals surface area contributed by atoms with Crippen LogP contribution in [0.25, 0.3) is 11.3 Å². The largest absolute Gasteiger partial charge is 0.383 e. The highest BCUT2D eigenvalue weighted by Crippen LogP contribution is 2.36. The molecule has 1 unspecified atom stereocenters. The van der Waals surface area contributed by atoms with Gasteiger partial charge in [0.25, 0.3) is 0 Å². The number of benzene rings is 1. The molecule has 0 radical (unpaired) electrons. The summed E-state index contributed by atoms with van der Waals surface area (Å²) < 4.78 is 23.8. The van der Waals surface area contributed by atoms with Gasteiger partial charge in [0, 0.05) is 51.2 Å². The maximum atomic E-state index is 13.2. The Bertz CT molecular complexity index is 873. The van der Waals surface area contributed by atoms with E-state index in [1.165, 1.54) is 12.1 Å². The monoisotopic (exact) mass is 417 g/mol. The van der Waals surface area contributed by atoms with Gasteiger partial charge in [-0.25, -0.2) is 4.39 Å². The van der Waals surface area contributed by atoms with Gasteiger partial charge in [0.05, 0.1) is 12.0 Å². The number of carbonyl (C=O) groups excluding carboxylic acids is 2. The van der Waals surface area contributed by atoms with Crippen LogP contribution in [0, 0.1) is 11.2 Å². The van der Waals surface area contributed by atoms with E-state index in [9.17, 15) is 14.0 Å². The number of ether oxygens (including phenoxy) is 1. The summed E-state index contributed by atoms with van der Waals surface area (Å²) in [5.74, 6) is 0.200. The predicted octanol–water partition coefficient (Wildman–Crippen LogP) is 2.80. The van der Waals surface area contributed by atoms with Crippen LogP contribution in [-0.2, 0) is 20.7 Å². The molecule has 0 bridgehead atoms. The molecule has 3 rings (SSSR count). The number of carbonyl (C=O) groups is 2. The quantitative estimate of drug-likeness (QED) is 0.749. The Morgan fingerprint density at radius 3 is 2.57 bits per heavy atom. The molecular formula is C22H28FN3O4. The molecule has 1 aromatic carbocycles. The molecule has 0 saturated carbocycles. The van der Waals surface area contributed by atoms with Crippen molar-refractivity contribution in [1.29, 1.82) is 0 Å². The van der Waals surface area contributed by atoms with Crippen molar-refractivity contribution in [2.24, 2.45) is 5.41 Å². The van der Waals surface area contributed by atoms with Crippen LogP contribution in [0.2, 0.25) is 0 Å². The Hall–Kier alpha value is -2.74. The Morgan fingerprint density at radius 2 is 1.97 bits per heavy atom. The smallest absolute Gasteiger partial charge is 0.227 e. The molecule has 0 aliphatic carbocycles. The molecule has 0 spiro atoms. The van der Waals surface area contributed by atoms with E-state index in [0.717, 1.165) is 5.56 Å². The Labute approximate surface area is 175 Å². The molecule has 162 valence electrons. The number of amides is 2. The van der Waals surface area contributed by atoms with Gasteiger partial charge in [0.1, 0.15) is 17.3 Å². The normalized spacial score (nSPS) is 16.9. The number of aromatic nitrogens is 1. The van der Waals surface area contributed by atoms with Crippen LogP contribution in [-0.4, -0.2) is 54.7 Å². The van der Waals surface area contributed by atoms with Crippen molar-refractivity contribution >= 4 is 11.8 Å². The number of nitrogens with one attached hydrogen (secondary N) is 1. The van der Waals surface area contributed by atoms with Crippen molar-refractivity contribution < 1.29 is 23.2 Å². The molecule has 1 atom stereocenters. The zero-order valence-electron chi connectivity index (χ0n) is 17.6. The highest BCUT2D eigenvalue weighted by atomic mass is 19.1. The Kier molecular flexibility index (Phi) is 6.87. The van der Waals surface area contributed by atoms with E-state index >= 15 is 0 Å². The number of piperidine rings is 1.